The van der Waals surface area contributed by atoms with Gasteiger partial charge in [-0.15, -0.1) is 0 Å². The Morgan fingerprint density at radius 2 is 1.81 bits per heavy atom. The van der Waals surface area contributed by atoms with Crippen LogP contribution in [0.2, 0.25) is 16.7 Å². The molecule has 2 heterocycles. The van der Waals surface area contributed by atoms with E-state index in [1.54, 1.807) is 41.7 Å². The lowest BCUT2D eigenvalue weighted by molar-refractivity contribution is -0.154. The summed E-state index contributed by atoms with van der Waals surface area (Å²) in [4.78, 5) is 53.1. The largest absolute Gasteiger partial charge is 0.384 e. The van der Waals surface area contributed by atoms with Gasteiger partial charge in [0.2, 0.25) is 19.8 Å². The summed E-state index contributed by atoms with van der Waals surface area (Å²) in [6.07, 6.45) is 0. The first kappa shape index (κ1) is 26.0. The van der Waals surface area contributed by atoms with Gasteiger partial charge in [0.25, 0.3) is 11.8 Å². The molecule has 0 bridgehead atoms. The second-order valence-corrected chi connectivity index (χ2v) is 10.1. The maximum absolute atomic E-state index is 14.8. The number of amides is 4. The molecule has 0 radical (unpaired) electrons. The van der Waals surface area contributed by atoms with Crippen molar-refractivity contribution in [2.45, 2.75) is 36.1 Å². The zero-order valence-corrected chi connectivity index (χ0v) is 21.0. The van der Waals surface area contributed by atoms with E-state index in [0.717, 1.165) is 16.9 Å². The number of nitrogens with one attached hydrogen (secondary N) is 1. The molecule has 1 saturated heterocycles. The molecule has 0 aromatic heterocycles. The summed E-state index contributed by atoms with van der Waals surface area (Å²) in [5, 5.41) is 2.64. The third-order valence-corrected chi connectivity index (χ3v) is 7.77. The van der Waals surface area contributed by atoms with Gasteiger partial charge in [-0.3, -0.25) is 24.5 Å². The molecular formula is C22H22B4ClF2N3O4. The van der Waals surface area contributed by atoms with Gasteiger partial charge in [0, 0.05) is 35.1 Å². The van der Waals surface area contributed by atoms with Crippen molar-refractivity contribution in [2.24, 2.45) is 0 Å². The van der Waals surface area contributed by atoms with E-state index in [0.29, 0.717) is 16.7 Å². The first-order valence-corrected chi connectivity index (χ1v) is 11.8. The summed E-state index contributed by atoms with van der Waals surface area (Å²) in [7, 11) is 6.41. The number of benzene rings is 2. The Bertz CT molecular complexity index is 1280. The third kappa shape index (κ3) is 4.13. The number of fused-ring (bicyclic) bond motifs is 1. The van der Waals surface area contributed by atoms with E-state index < -0.39 is 40.4 Å². The molecular weight excluding hydrogens is 487 g/mol. The zero-order valence-electron chi connectivity index (χ0n) is 20.3. The molecule has 3 atom stereocenters. The minimum absolute atomic E-state index is 0.108. The Morgan fingerprint density at radius 1 is 1.17 bits per heavy atom. The van der Waals surface area contributed by atoms with Crippen LogP contribution in [0.5, 0.6) is 0 Å². The fourth-order valence-corrected chi connectivity index (χ4v) is 4.98. The third-order valence-electron chi connectivity index (χ3n) is 7.52. The van der Waals surface area contributed by atoms with Crippen molar-refractivity contribution < 1.29 is 28.0 Å². The van der Waals surface area contributed by atoms with Crippen LogP contribution in [-0.4, -0.2) is 70.3 Å². The number of rotatable bonds is 5. The van der Waals surface area contributed by atoms with E-state index in [1.807, 2.05) is 0 Å². The highest BCUT2D eigenvalue weighted by Gasteiger charge is 2.54. The summed E-state index contributed by atoms with van der Waals surface area (Å²) in [5.41, 5.74) is -0.129. The van der Waals surface area contributed by atoms with Crippen LogP contribution in [0, 0.1) is 0 Å². The summed E-state index contributed by atoms with van der Waals surface area (Å²) in [6.45, 7) is 0.0128. The number of nitrogens with zero attached hydrogens (tertiary/aromatic N) is 2. The minimum Gasteiger partial charge on any atom is -0.384 e. The lowest BCUT2D eigenvalue weighted by Gasteiger charge is -2.47. The predicted octanol–water partition coefficient (Wildman–Crippen LogP) is -1.21. The van der Waals surface area contributed by atoms with Crippen LogP contribution < -0.4 is 5.32 Å². The lowest BCUT2D eigenvalue weighted by atomic mass is 9.48. The Labute approximate surface area is 215 Å². The fraction of sp³-hybridized carbons (Fsp3) is 0.273. The first-order valence-electron chi connectivity index (χ1n) is 11.5. The van der Waals surface area contributed by atoms with Crippen molar-refractivity contribution in [3.63, 3.8) is 0 Å². The van der Waals surface area contributed by atoms with Crippen molar-refractivity contribution >= 4 is 66.7 Å². The van der Waals surface area contributed by atoms with Gasteiger partial charge in [0.1, 0.15) is 23.5 Å². The van der Waals surface area contributed by atoms with Gasteiger partial charge >= 0.3 is 5.92 Å². The highest BCUT2D eigenvalue weighted by atomic mass is 35.5. The Morgan fingerprint density at radius 3 is 2.44 bits per heavy atom. The predicted molar refractivity (Wildman–Crippen MR) is 140 cm³/mol. The molecule has 0 aliphatic carbocycles. The molecule has 1 fully saturated rings. The number of halogens is 3. The maximum Gasteiger partial charge on any atom is 0.348 e. The number of carbonyl (C=O) groups is 4. The van der Waals surface area contributed by atoms with Crippen molar-refractivity contribution in [2.75, 3.05) is 0 Å². The highest BCUT2D eigenvalue weighted by Crippen LogP contribution is 2.41. The highest BCUT2D eigenvalue weighted by molar-refractivity contribution is 6.43. The lowest BCUT2D eigenvalue weighted by Crippen LogP contribution is -2.67. The van der Waals surface area contributed by atoms with E-state index in [4.69, 9.17) is 11.6 Å². The average Bonchev–Trinajstić information content (AvgIpc) is 3.17. The van der Waals surface area contributed by atoms with Crippen LogP contribution in [0.4, 0.5) is 8.78 Å². The molecule has 36 heavy (non-hydrogen) atoms. The van der Waals surface area contributed by atoms with E-state index in [1.165, 1.54) is 25.0 Å². The first-order chi connectivity index (χ1) is 16.8. The Kier molecular flexibility index (Phi) is 6.58. The maximum atomic E-state index is 14.8. The standard InChI is InChI=1S/C22H22B4ClF2N3O4/c23-15-16(24)21(25,19(35)30-17(15)33)31-9-11-7-10(1-6-14(11)18(31)34)8-32(26)20(36)22(28,29)12-2-4-13(27)5-3-12/h1-7,15-16H,8-9,23-26H2,(H,30,33,35)/t15?,16?,21-/m1/s1. The fourth-order valence-electron chi connectivity index (χ4n) is 4.86. The molecule has 4 rings (SSSR count). The van der Waals surface area contributed by atoms with Gasteiger partial charge in [-0.25, -0.2) is 0 Å². The number of carbonyl (C=O) groups excluding carboxylic acids is 4. The smallest absolute Gasteiger partial charge is 0.348 e. The second-order valence-electron chi connectivity index (χ2n) is 9.67. The van der Waals surface area contributed by atoms with Gasteiger partial charge in [-0.1, -0.05) is 35.9 Å². The second kappa shape index (κ2) is 9.10. The van der Waals surface area contributed by atoms with E-state index in [9.17, 15) is 28.0 Å². The number of piperidine rings is 1. The van der Waals surface area contributed by atoms with E-state index in [2.05, 4.69) is 5.32 Å². The van der Waals surface area contributed by atoms with Gasteiger partial charge in [0.15, 0.2) is 0 Å². The van der Waals surface area contributed by atoms with Crippen molar-refractivity contribution in [1.29, 1.82) is 0 Å². The van der Waals surface area contributed by atoms with E-state index >= 15 is 0 Å². The normalized spacial score (nSPS) is 23.9. The van der Waals surface area contributed by atoms with Crippen LogP contribution in [0.15, 0.2) is 42.5 Å². The topological polar surface area (TPSA) is 86.8 Å². The molecule has 0 saturated carbocycles. The molecule has 2 aromatic carbocycles. The summed E-state index contributed by atoms with van der Waals surface area (Å²) in [5.74, 6) is -7.26. The number of imide groups is 1. The zero-order chi connectivity index (χ0) is 26.6. The molecule has 2 unspecified atom stereocenters. The quantitative estimate of drug-likeness (QED) is 0.406. The van der Waals surface area contributed by atoms with Crippen molar-refractivity contribution in [3.05, 3.63) is 69.7 Å². The van der Waals surface area contributed by atoms with E-state index in [-0.39, 0.29) is 29.9 Å². The monoisotopic (exact) mass is 509 g/mol. The van der Waals surface area contributed by atoms with Crippen LogP contribution >= 0.6 is 11.6 Å². The molecule has 0 spiro atoms. The molecule has 2 aliphatic rings. The van der Waals surface area contributed by atoms with Crippen LogP contribution in [0.1, 0.15) is 27.0 Å². The molecule has 14 heteroatoms. The average molecular weight is 509 g/mol. The Balaban J connectivity index is 1.53. The molecule has 4 amide bonds. The number of alkyl halides is 2. The summed E-state index contributed by atoms with van der Waals surface area (Å²) < 4.78 is 29.6. The summed E-state index contributed by atoms with van der Waals surface area (Å²) in [6, 6.07) is 9.68. The number of hydrogen-bond donors (Lipinski definition) is 1. The Hall–Kier alpha value is -3.07. The molecule has 1 N–H and O–H groups in total. The van der Waals surface area contributed by atoms with Crippen molar-refractivity contribution in [1.82, 2.24) is 15.0 Å². The van der Waals surface area contributed by atoms with Gasteiger partial charge in [-0.05, 0) is 35.1 Å². The number of hydrogen-bond acceptors (Lipinski definition) is 4. The SMILES string of the molecule is BC1C(=O)NC(=O)[C@](B)(N2Cc3cc(CN(B)C(=O)C(F)(F)c4ccc(Cl)cc4)ccc3C2=O)C1B. The van der Waals surface area contributed by atoms with Crippen molar-refractivity contribution in [3.8, 4) is 0 Å². The van der Waals surface area contributed by atoms with Crippen LogP contribution in [0.3, 0.4) is 0 Å². The molecule has 2 aliphatic heterocycles. The van der Waals surface area contributed by atoms with Gasteiger partial charge < -0.3 is 9.71 Å². The van der Waals surface area contributed by atoms with Crippen LogP contribution in [0.25, 0.3) is 0 Å². The summed E-state index contributed by atoms with van der Waals surface area (Å²) >= 11 is 5.76. The van der Waals surface area contributed by atoms with Gasteiger partial charge in [0.05, 0.1) is 5.44 Å². The molecule has 182 valence electrons. The van der Waals surface area contributed by atoms with Crippen LogP contribution in [-0.2, 0) is 33.4 Å². The molecule has 7 nitrogen and oxygen atoms in total. The van der Waals surface area contributed by atoms with Gasteiger partial charge in [-0.2, -0.15) is 8.78 Å². The molecule has 2 aromatic rings. The minimum atomic E-state index is -3.74.